The number of benzene rings is 1. The Bertz CT molecular complexity index is 395. The second kappa shape index (κ2) is 7.48. The minimum Gasteiger partial charge on any atom is -0.497 e. The van der Waals surface area contributed by atoms with E-state index in [2.05, 4.69) is 0 Å². The van der Waals surface area contributed by atoms with Crippen LogP contribution in [0.5, 0.6) is 5.75 Å². The summed E-state index contributed by atoms with van der Waals surface area (Å²) in [4.78, 5) is 22.6. The van der Waals surface area contributed by atoms with E-state index in [0.717, 1.165) is 11.3 Å². The summed E-state index contributed by atoms with van der Waals surface area (Å²) in [7, 11) is 1.61. The average molecular weight is 250 g/mol. The van der Waals surface area contributed by atoms with Crippen LogP contribution in [-0.4, -0.2) is 25.5 Å². The fraction of sp³-hybridized carbons (Fsp3) is 0.429. The number of Topliss-reactive ketones (excluding diaryl/α,β-unsaturated/α-hetero) is 1. The van der Waals surface area contributed by atoms with E-state index >= 15 is 0 Å². The maximum absolute atomic E-state index is 11.5. The number of hydrogen-bond donors (Lipinski definition) is 0. The third-order valence-electron chi connectivity index (χ3n) is 2.50. The van der Waals surface area contributed by atoms with Gasteiger partial charge in [-0.2, -0.15) is 0 Å². The molecule has 0 saturated heterocycles. The third kappa shape index (κ3) is 4.99. The summed E-state index contributed by atoms with van der Waals surface area (Å²) in [5.41, 5.74) is 1.05. The van der Waals surface area contributed by atoms with Gasteiger partial charge < -0.3 is 9.47 Å². The number of ketones is 1. The van der Waals surface area contributed by atoms with Crippen molar-refractivity contribution in [1.82, 2.24) is 0 Å². The Morgan fingerprint density at radius 2 is 1.83 bits per heavy atom. The van der Waals surface area contributed by atoms with Crippen molar-refractivity contribution in [3.05, 3.63) is 29.8 Å². The third-order valence-corrected chi connectivity index (χ3v) is 2.50. The maximum Gasteiger partial charge on any atom is 0.313 e. The summed E-state index contributed by atoms with van der Waals surface area (Å²) < 4.78 is 9.76. The minimum atomic E-state index is -0.447. The summed E-state index contributed by atoms with van der Waals surface area (Å²) in [5, 5.41) is 0. The molecule has 0 amide bonds. The Morgan fingerprint density at radius 3 is 2.39 bits per heavy atom. The van der Waals surface area contributed by atoms with Gasteiger partial charge in [-0.05, 0) is 31.0 Å². The average Bonchev–Trinajstić information content (AvgIpc) is 2.37. The molecule has 0 aliphatic rings. The van der Waals surface area contributed by atoms with Crippen LogP contribution in [0.1, 0.15) is 25.3 Å². The number of methoxy groups -OCH3 is 1. The molecule has 0 atom stereocenters. The molecule has 0 radical (unpaired) electrons. The van der Waals surface area contributed by atoms with Gasteiger partial charge in [0.05, 0.1) is 13.7 Å². The number of ether oxygens (including phenoxy) is 2. The summed E-state index contributed by atoms with van der Waals surface area (Å²) >= 11 is 0. The van der Waals surface area contributed by atoms with E-state index in [-0.39, 0.29) is 12.2 Å². The molecule has 0 bridgehead atoms. The van der Waals surface area contributed by atoms with Crippen molar-refractivity contribution in [3.8, 4) is 5.75 Å². The first-order chi connectivity index (χ1) is 8.65. The zero-order valence-electron chi connectivity index (χ0n) is 10.8. The van der Waals surface area contributed by atoms with Crippen LogP contribution < -0.4 is 4.74 Å². The lowest BCUT2D eigenvalue weighted by atomic mass is 10.1. The first-order valence-corrected chi connectivity index (χ1v) is 5.96. The SMILES string of the molecule is CCOC(=O)CC(=O)CCc1ccc(OC)cc1. The monoisotopic (exact) mass is 250 g/mol. The largest absolute Gasteiger partial charge is 0.497 e. The molecule has 1 rings (SSSR count). The molecule has 0 heterocycles. The minimum absolute atomic E-state index is 0.0933. The van der Waals surface area contributed by atoms with Gasteiger partial charge in [-0.25, -0.2) is 0 Å². The normalized spacial score (nSPS) is 9.89. The molecule has 1 aromatic carbocycles. The van der Waals surface area contributed by atoms with E-state index in [1.165, 1.54) is 0 Å². The number of aryl methyl sites for hydroxylation is 1. The molecule has 98 valence electrons. The van der Waals surface area contributed by atoms with Crippen LogP contribution in [0.2, 0.25) is 0 Å². The van der Waals surface area contributed by atoms with Gasteiger partial charge in [0.1, 0.15) is 18.0 Å². The van der Waals surface area contributed by atoms with Gasteiger partial charge in [0, 0.05) is 6.42 Å². The van der Waals surface area contributed by atoms with Crippen molar-refractivity contribution in [2.45, 2.75) is 26.2 Å². The van der Waals surface area contributed by atoms with E-state index in [9.17, 15) is 9.59 Å². The number of hydrogen-bond acceptors (Lipinski definition) is 4. The van der Waals surface area contributed by atoms with Gasteiger partial charge in [-0.15, -0.1) is 0 Å². The molecule has 0 aliphatic carbocycles. The van der Waals surface area contributed by atoms with Gasteiger partial charge in [-0.3, -0.25) is 9.59 Å². The lowest BCUT2D eigenvalue weighted by Gasteiger charge is -2.03. The Kier molecular flexibility index (Phi) is 5.91. The standard InChI is InChI=1S/C14H18O4/c1-3-18-14(16)10-12(15)7-4-11-5-8-13(17-2)9-6-11/h5-6,8-9H,3-4,7,10H2,1-2H3. The van der Waals surface area contributed by atoms with Crippen LogP contribution in [0.15, 0.2) is 24.3 Å². The molecule has 0 fully saturated rings. The molecule has 1 aromatic rings. The highest BCUT2D eigenvalue weighted by molar-refractivity contribution is 5.95. The molecule has 0 spiro atoms. The molecule has 18 heavy (non-hydrogen) atoms. The van der Waals surface area contributed by atoms with E-state index < -0.39 is 5.97 Å². The molecule has 4 nitrogen and oxygen atoms in total. The first kappa shape index (κ1) is 14.2. The van der Waals surface area contributed by atoms with Crippen LogP contribution >= 0.6 is 0 Å². The van der Waals surface area contributed by atoms with Crippen LogP contribution in [0.25, 0.3) is 0 Å². The van der Waals surface area contributed by atoms with Crippen molar-refractivity contribution in [1.29, 1.82) is 0 Å². The lowest BCUT2D eigenvalue weighted by molar-refractivity contribution is -0.145. The van der Waals surface area contributed by atoms with Crippen molar-refractivity contribution in [2.75, 3.05) is 13.7 Å². The number of rotatable bonds is 7. The molecule has 0 N–H and O–H groups in total. The van der Waals surface area contributed by atoms with Crippen LogP contribution in [0, 0.1) is 0 Å². The zero-order valence-corrected chi connectivity index (χ0v) is 10.8. The highest BCUT2D eigenvalue weighted by Gasteiger charge is 2.10. The number of carbonyl (C=O) groups excluding carboxylic acids is 2. The van der Waals surface area contributed by atoms with Crippen molar-refractivity contribution < 1.29 is 19.1 Å². The summed E-state index contributed by atoms with van der Waals surface area (Å²) in [6.07, 6.45) is 0.845. The molecule has 0 unspecified atom stereocenters. The lowest BCUT2D eigenvalue weighted by Crippen LogP contribution is -2.11. The summed E-state index contributed by atoms with van der Waals surface area (Å²) in [6.45, 7) is 2.03. The highest BCUT2D eigenvalue weighted by Crippen LogP contribution is 2.13. The molecule has 0 aliphatic heterocycles. The summed E-state index contributed by atoms with van der Waals surface area (Å²) in [6, 6.07) is 7.53. The molecular weight excluding hydrogens is 232 g/mol. The van der Waals surface area contributed by atoms with Crippen molar-refractivity contribution in [3.63, 3.8) is 0 Å². The quantitative estimate of drug-likeness (QED) is 0.549. The predicted molar refractivity (Wildman–Crippen MR) is 67.6 cm³/mol. The van der Waals surface area contributed by atoms with E-state index in [1.807, 2.05) is 24.3 Å². The Balaban J connectivity index is 2.35. The Labute approximate surface area is 107 Å². The van der Waals surface area contributed by atoms with Crippen LogP contribution in [-0.2, 0) is 20.7 Å². The second-order valence-corrected chi connectivity index (χ2v) is 3.87. The smallest absolute Gasteiger partial charge is 0.313 e. The van der Waals surface area contributed by atoms with Gasteiger partial charge in [-0.1, -0.05) is 12.1 Å². The topological polar surface area (TPSA) is 52.6 Å². The van der Waals surface area contributed by atoms with Crippen LogP contribution in [0.3, 0.4) is 0 Å². The number of carbonyl (C=O) groups is 2. The zero-order chi connectivity index (χ0) is 13.4. The first-order valence-electron chi connectivity index (χ1n) is 5.96. The van der Waals surface area contributed by atoms with Gasteiger partial charge >= 0.3 is 5.97 Å². The van der Waals surface area contributed by atoms with Gasteiger partial charge in [0.2, 0.25) is 0 Å². The van der Waals surface area contributed by atoms with Gasteiger partial charge in [0.25, 0.3) is 0 Å². The molecular formula is C14H18O4. The molecule has 0 saturated carbocycles. The highest BCUT2D eigenvalue weighted by atomic mass is 16.5. The van der Waals surface area contributed by atoms with Crippen molar-refractivity contribution >= 4 is 11.8 Å². The Hall–Kier alpha value is -1.84. The fourth-order valence-corrected chi connectivity index (χ4v) is 1.54. The maximum atomic E-state index is 11.5. The molecule has 0 aromatic heterocycles. The van der Waals surface area contributed by atoms with E-state index in [0.29, 0.717) is 19.4 Å². The fourth-order valence-electron chi connectivity index (χ4n) is 1.54. The number of esters is 1. The summed E-state index contributed by atoms with van der Waals surface area (Å²) in [5.74, 6) is 0.248. The van der Waals surface area contributed by atoms with E-state index in [1.54, 1.807) is 14.0 Å². The van der Waals surface area contributed by atoms with Crippen LogP contribution in [0.4, 0.5) is 0 Å². The van der Waals surface area contributed by atoms with Gasteiger partial charge in [0.15, 0.2) is 0 Å². The molecule has 4 heteroatoms. The van der Waals surface area contributed by atoms with Crippen molar-refractivity contribution in [2.24, 2.45) is 0 Å². The Morgan fingerprint density at radius 1 is 1.17 bits per heavy atom. The predicted octanol–water partition coefficient (Wildman–Crippen LogP) is 2.15. The van der Waals surface area contributed by atoms with E-state index in [4.69, 9.17) is 9.47 Å². The second-order valence-electron chi connectivity index (χ2n) is 3.87.